The molecule has 3 rings (SSSR count). The van der Waals surface area contributed by atoms with Crippen molar-refractivity contribution < 1.29 is 13.6 Å². The van der Waals surface area contributed by atoms with Gasteiger partial charge in [0.05, 0.1) is 5.56 Å². The van der Waals surface area contributed by atoms with Gasteiger partial charge in [-0.1, -0.05) is 0 Å². The van der Waals surface area contributed by atoms with E-state index >= 15 is 0 Å². The largest absolute Gasteiger partial charge is 0.384 e. The van der Waals surface area contributed by atoms with Crippen LogP contribution in [0.3, 0.4) is 0 Å². The summed E-state index contributed by atoms with van der Waals surface area (Å²) in [6.07, 6.45) is 1.47. The van der Waals surface area contributed by atoms with Gasteiger partial charge >= 0.3 is 0 Å². The van der Waals surface area contributed by atoms with Crippen molar-refractivity contribution in [3.05, 3.63) is 59.3 Å². The summed E-state index contributed by atoms with van der Waals surface area (Å²) in [6, 6.07) is 6.79. The van der Waals surface area contributed by atoms with Crippen LogP contribution in [0.1, 0.15) is 15.9 Å². The Morgan fingerprint density at radius 2 is 1.75 bits per heavy atom. The van der Waals surface area contributed by atoms with E-state index in [1.807, 2.05) is 0 Å². The van der Waals surface area contributed by atoms with Gasteiger partial charge in [-0.05, 0) is 29.8 Å². The standard InChI is InChI=1S/C17H18F2N4O/c18-14-7-12(8-15(19)9-14)11-22-3-5-23(6-4-22)17(24)13-1-2-16(20)21-10-13/h1-2,7-10H,3-6,11H2,(H2,20,21). The van der Waals surface area contributed by atoms with E-state index in [9.17, 15) is 13.6 Å². The summed E-state index contributed by atoms with van der Waals surface area (Å²) >= 11 is 0. The number of nitrogens with zero attached hydrogens (tertiary/aromatic N) is 3. The maximum atomic E-state index is 13.2. The van der Waals surface area contributed by atoms with E-state index in [0.717, 1.165) is 6.07 Å². The first-order valence-corrected chi connectivity index (χ1v) is 7.69. The molecule has 1 aromatic heterocycles. The van der Waals surface area contributed by atoms with Crippen molar-refractivity contribution in [2.75, 3.05) is 31.9 Å². The molecule has 0 radical (unpaired) electrons. The molecule has 1 saturated heterocycles. The first-order chi connectivity index (χ1) is 11.5. The van der Waals surface area contributed by atoms with Gasteiger partial charge < -0.3 is 10.6 Å². The second-order valence-electron chi connectivity index (χ2n) is 5.82. The van der Waals surface area contributed by atoms with E-state index in [0.29, 0.717) is 49.7 Å². The molecule has 1 aliphatic rings. The van der Waals surface area contributed by atoms with E-state index in [-0.39, 0.29) is 5.91 Å². The molecule has 2 aromatic rings. The smallest absolute Gasteiger partial charge is 0.255 e. The number of amides is 1. The van der Waals surface area contributed by atoms with Crippen LogP contribution in [0.25, 0.3) is 0 Å². The number of nitrogens with two attached hydrogens (primary N) is 1. The number of hydrogen-bond acceptors (Lipinski definition) is 4. The van der Waals surface area contributed by atoms with E-state index in [4.69, 9.17) is 5.73 Å². The van der Waals surface area contributed by atoms with Crippen LogP contribution in [0.2, 0.25) is 0 Å². The highest BCUT2D eigenvalue weighted by atomic mass is 19.1. The van der Waals surface area contributed by atoms with Crippen LogP contribution in [0.15, 0.2) is 36.5 Å². The normalized spacial score (nSPS) is 15.5. The van der Waals surface area contributed by atoms with Crippen molar-refractivity contribution in [1.29, 1.82) is 0 Å². The molecule has 0 saturated carbocycles. The average molecular weight is 332 g/mol. The number of hydrogen-bond donors (Lipinski definition) is 1. The van der Waals surface area contributed by atoms with Gasteiger partial charge in [0.15, 0.2) is 0 Å². The fourth-order valence-corrected chi connectivity index (χ4v) is 2.78. The minimum atomic E-state index is -0.574. The molecule has 1 amide bonds. The Morgan fingerprint density at radius 1 is 1.08 bits per heavy atom. The topological polar surface area (TPSA) is 62.5 Å². The highest BCUT2D eigenvalue weighted by Gasteiger charge is 2.22. The zero-order chi connectivity index (χ0) is 17.1. The summed E-state index contributed by atoms with van der Waals surface area (Å²) in [5, 5.41) is 0. The Kier molecular flexibility index (Phi) is 4.71. The third-order valence-electron chi connectivity index (χ3n) is 4.02. The van der Waals surface area contributed by atoms with Gasteiger partial charge in [0, 0.05) is 45.0 Å². The van der Waals surface area contributed by atoms with Crippen LogP contribution < -0.4 is 5.73 Å². The molecule has 1 aromatic carbocycles. The second-order valence-corrected chi connectivity index (χ2v) is 5.82. The molecule has 1 fully saturated rings. The minimum absolute atomic E-state index is 0.0843. The van der Waals surface area contributed by atoms with Gasteiger partial charge in [0.25, 0.3) is 5.91 Å². The SMILES string of the molecule is Nc1ccc(C(=O)N2CCN(Cc3cc(F)cc(F)c3)CC2)cn1. The zero-order valence-electron chi connectivity index (χ0n) is 13.1. The van der Waals surface area contributed by atoms with Crippen LogP contribution >= 0.6 is 0 Å². The lowest BCUT2D eigenvalue weighted by molar-refractivity contribution is 0.0628. The van der Waals surface area contributed by atoms with Gasteiger partial charge in [-0.25, -0.2) is 13.8 Å². The number of halogens is 2. The van der Waals surface area contributed by atoms with Gasteiger partial charge in [-0.15, -0.1) is 0 Å². The quantitative estimate of drug-likeness (QED) is 0.932. The molecule has 0 unspecified atom stereocenters. The average Bonchev–Trinajstić information content (AvgIpc) is 2.55. The number of anilines is 1. The monoisotopic (exact) mass is 332 g/mol. The predicted molar refractivity (Wildman–Crippen MR) is 86.2 cm³/mol. The number of carbonyl (C=O) groups excluding carboxylic acids is 1. The van der Waals surface area contributed by atoms with Crippen LogP contribution in [0.5, 0.6) is 0 Å². The van der Waals surface area contributed by atoms with E-state index in [2.05, 4.69) is 9.88 Å². The second kappa shape index (κ2) is 6.92. The highest BCUT2D eigenvalue weighted by molar-refractivity contribution is 5.94. The Hall–Kier alpha value is -2.54. The summed E-state index contributed by atoms with van der Waals surface area (Å²) in [6.45, 7) is 2.86. The number of piperazine rings is 1. The third-order valence-corrected chi connectivity index (χ3v) is 4.02. The van der Waals surface area contributed by atoms with Crippen molar-refractivity contribution in [3.63, 3.8) is 0 Å². The molecule has 7 heteroatoms. The Balaban J connectivity index is 1.57. The molecule has 5 nitrogen and oxygen atoms in total. The maximum absolute atomic E-state index is 13.2. The Labute approximate surface area is 138 Å². The molecule has 2 N–H and O–H groups in total. The highest BCUT2D eigenvalue weighted by Crippen LogP contribution is 2.14. The number of benzene rings is 1. The van der Waals surface area contributed by atoms with Crippen LogP contribution in [-0.4, -0.2) is 46.9 Å². The molecule has 2 heterocycles. The molecule has 1 aliphatic heterocycles. The van der Waals surface area contributed by atoms with E-state index in [1.165, 1.54) is 18.3 Å². The van der Waals surface area contributed by atoms with Crippen molar-refractivity contribution in [3.8, 4) is 0 Å². The Morgan fingerprint density at radius 3 is 2.33 bits per heavy atom. The predicted octanol–water partition coefficient (Wildman–Crippen LogP) is 1.90. The first kappa shape index (κ1) is 16.3. The van der Waals surface area contributed by atoms with Crippen molar-refractivity contribution in [2.45, 2.75) is 6.54 Å². The van der Waals surface area contributed by atoms with E-state index < -0.39 is 11.6 Å². The number of aromatic nitrogens is 1. The van der Waals surface area contributed by atoms with Crippen LogP contribution in [-0.2, 0) is 6.54 Å². The van der Waals surface area contributed by atoms with Gasteiger partial charge in [-0.3, -0.25) is 9.69 Å². The van der Waals surface area contributed by atoms with Crippen molar-refractivity contribution in [2.24, 2.45) is 0 Å². The van der Waals surface area contributed by atoms with Gasteiger partial charge in [-0.2, -0.15) is 0 Å². The fourth-order valence-electron chi connectivity index (χ4n) is 2.78. The molecular formula is C17H18F2N4O. The molecule has 24 heavy (non-hydrogen) atoms. The van der Waals surface area contributed by atoms with Crippen molar-refractivity contribution >= 4 is 11.7 Å². The van der Waals surface area contributed by atoms with E-state index in [1.54, 1.807) is 17.0 Å². The number of carbonyl (C=O) groups is 1. The molecule has 0 spiro atoms. The summed E-state index contributed by atoms with van der Waals surface area (Å²) in [5.41, 5.74) is 6.62. The lowest BCUT2D eigenvalue weighted by atomic mass is 10.1. The van der Waals surface area contributed by atoms with Crippen LogP contribution in [0.4, 0.5) is 14.6 Å². The van der Waals surface area contributed by atoms with Crippen LogP contribution in [0, 0.1) is 11.6 Å². The fraction of sp³-hybridized carbons (Fsp3) is 0.294. The summed E-state index contributed by atoms with van der Waals surface area (Å²) in [4.78, 5) is 20.1. The van der Waals surface area contributed by atoms with Crippen molar-refractivity contribution in [1.82, 2.24) is 14.8 Å². The minimum Gasteiger partial charge on any atom is -0.384 e. The molecule has 0 atom stereocenters. The lowest BCUT2D eigenvalue weighted by Gasteiger charge is -2.34. The molecule has 0 bridgehead atoms. The summed E-state index contributed by atoms with van der Waals surface area (Å²) in [7, 11) is 0. The third kappa shape index (κ3) is 3.86. The maximum Gasteiger partial charge on any atom is 0.255 e. The summed E-state index contributed by atoms with van der Waals surface area (Å²) in [5.74, 6) is -0.859. The Bertz CT molecular complexity index is 708. The molecule has 126 valence electrons. The van der Waals surface area contributed by atoms with Gasteiger partial charge in [0.1, 0.15) is 17.5 Å². The zero-order valence-corrected chi connectivity index (χ0v) is 13.1. The molecule has 0 aliphatic carbocycles. The van der Waals surface area contributed by atoms with Gasteiger partial charge in [0.2, 0.25) is 0 Å². The summed E-state index contributed by atoms with van der Waals surface area (Å²) < 4.78 is 26.5. The number of pyridine rings is 1. The lowest BCUT2D eigenvalue weighted by Crippen LogP contribution is -2.48. The number of rotatable bonds is 3. The first-order valence-electron chi connectivity index (χ1n) is 7.69. The molecular weight excluding hydrogens is 314 g/mol. The number of nitrogen functional groups attached to an aromatic ring is 1.